The second kappa shape index (κ2) is 7.45. The van der Waals surface area contributed by atoms with Gasteiger partial charge in [0.2, 0.25) is 0 Å². The number of aryl methyl sites for hydroxylation is 1. The van der Waals surface area contributed by atoms with E-state index in [2.05, 4.69) is 59.7 Å². The Kier molecular flexibility index (Phi) is 4.49. The van der Waals surface area contributed by atoms with E-state index in [1.54, 1.807) is 18.3 Å². The molecule has 1 aromatic heterocycles. The molecule has 1 amide bonds. The number of nitrogens with zero attached hydrogens (tertiary/aromatic N) is 1. The topological polar surface area (TPSA) is 42.0 Å². The van der Waals surface area contributed by atoms with Crippen LogP contribution in [0.25, 0.3) is 32.7 Å². The van der Waals surface area contributed by atoms with Gasteiger partial charge < -0.3 is 5.32 Å². The molecule has 30 heavy (non-hydrogen) atoms. The van der Waals surface area contributed by atoms with E-state index < -0.39 is 0 Å². The molecule has 0 unspecified atom stereocenters. The number of anilines is 1. The summed E-state index contributed by atoms with van der Waals surface area (Å²) in [5, 5.41) is 7.69. The van der Waals surface area contributed by atoms with Crippen molar-refractivity contribution in [3.05, 3.63) is 108 Å². The van der Waals surface area contributed by atoms with Crippen LogP contribution in [0, 0.1) is 6.92 Å². The lowest BCUT2D eigenvalue weighted by molar-refractivity contribution is 0.102. The zero-order chi connectivity index (χ0) is 20.5. The smallest absolute Gasteiger partial charge is 0.274 e. The summed E-state index contributed by atoms with van der Waals surface area (Å²) < 4.78 is 0. The van der Waals surface area contributed by atoms with Crippen LogP contribution in [0.2, 0.25) is 0 Å². The highest BCUT2D eigenvalue weighted by molar-refractivity contribution is 6.14. The number of carbonyl (C=O) groups excluding carboxylic acids is 1. The van der Waals surface area contributed by atoms with Crippen molar-refractivity contribution in [2.45, 2.75) is 6.92 Å². The molecule has 0 bridgehead atoms. The fraction of sp³-hybridized carbons (Fsp3) is 0.0370. The van der Waals surface area contributed by atoms with E-state index in [1.165, 1.54) is 16.3 Å². The van der Waals surface area contributed by atoms with Gasteiger partial charge in [0.1, 0.15) is 5.69 Å². The van der Waals surface area contributed by atoms with Crippen LogP contribution in [0.5, 0.6) is 0 Å². The lowest BCUT2D eigenvalue weighted by Gasteiger charge is -2.18. The Balaban J connectivity index is 1.78. The Morgan fingerprint density at radius 2 is 1.33 bits per heavy atom. The van der Waals surface area contributed by atoms with Gasteiger partial charge in [0, 0.05) is 17.4 Å². The first kappa shape index (κ1) is 18.1. The molecule has 0 aliphatic carbocycles. The summed E-state index contributed by atoms with van der Waals surface area (Å²) in [7, 11) is 0. The molecule has 5 aromatic rings. The third kappa shape index (κ3) is 3.11. The van der Waals surface area contributed by atoms with E-state index in [-0.39, 0.29) is 5.91 Å². The average Bonchev–Trinajstić information content (AvgIpc) is 2.80. The van der Waals surface area contributed by atoms with Crippen LogP contribution in [-0.2, 0) is 0 Å². The van der Waals surface area contributed by atoms with Gasteiger partial charge in [0.15, 0.2) is 0 Å². The summed E-state index contributed by atoms with van der Waals surface area (Å²) in [6.45, 7) is 2.12. The summed E-state index contributed by atoms with van der Waals surface area (Å²) in [6.07, 6.45) is 1.63. The fourth-order valence-corrected chi connectivity index (χ4v) is 4.04. The average molecular weight is 388 g/mol. The molecule has 0 spiro atoms. The molecule has 1 heterocycles. The third-order valence-electron chi connectivity index (χ3n) is 5.46. The molecule has 0 radical (unpaired) electrons. The van der Waals surface area contributed by atoms with Gasteiger partial charge in [-0.2, -0.15) is 0 Å². The quantitative estimate of drug-likeness (QED) is 0.377. The summed E-state index contributed by atoms with van der Waals surface area (Å²) in [4.78, 5) is 17.1. The van der Waals surface area contributed by atoms with Gasteiger partial charge in [-0.3, -0.25) is 9.78 Å². The van der Waals surface area contributed by atoms with Crippen LogP contribution in [0.1, 0.15) is 16.1 Å². The van der Waals surface area contributed by atoms with Crippen molar-refractivity contribution in [1.82, 2.24) is 4.98 Å². The molecule has 144 valence electrons. The van der Waals surface area contributed by atoms with Gasteiger partial charge in [-0.15, -0.1) is 0 Å². The predicted octanol–water partition coefficient (Wildman–Crippen LogP) is 6.62. The fourth-order valence-electron chi connectivity index (χ4n) is 4.04. The molecule has 4 aromatic carbocycles. The molecule has 0 aliphatic heterocycles. The maximum Gasteiger partial charge on any atom is 0.274 e. The van der Waals surface area contributed by atoms with Crippen LogP contribution in [-0.4, -0.2) is 10.9 Å². The van der Waals surface area contributed by atoms with E-state index in [0.29, 0.717) is 5.69 Å². The van der Waals surface area contributed by atoms with Crippen LogP contribution >= 0.6 is 0 Å². The van der Waals surface area contributed by atoms with Gasteiger partial charge >= 0.3 is 0 Å². The summed E-state index contributed by atoms with van der Waals surface area (Å²) in [5.74, 6) is -0.218. The molecule has 0 saturated carbocycles. The second-order valence-corrected chi connectivity index (χ2v) is 7.36. The molecule has 0 saturated heterocycles. The Labute approximate surface area is 175 Å². The largest absolute Gasteiger partial charge is 0.320 e. The molecule has 3 heteroatoms. The molecule has 3 nitrogen and oxygen atoms in total. The highest BCUT2D eigenvalue weighted by Crippen LogP contribution is 2.41. The molecule has 0 atom stereocenters. The Hall–Kier alpha value is -3.98. The number of nitrogens with one attached hydrogen (secondary N) is 1. The predicted molar refractivity (Wildman–Crippen MR) is 124 cm³/mol. The number of carbonyl (C=O) groups is 1. The number of hydrogen-bond acceptors (Lipinski definition) is 2. The van der Waals surface area contributed by atoms with E-state index in [4.69, 9.17) is 0 Å². The zero-order valence-electron chi connectivity index (χ0n) is 16.6. The zero-order valence-corrected chi connectivity index (χ0v) is 16.6. The van der Waals surface area contributed by atoms with Crippen molar-refractivity contribution >= 4 is 33.1 Å². The number of aromatic nitrogens is 1. The van der Waals surface area contributed by atoms with Crippen molar-refractivity contribution in [2.24, 2.45) is 0 Å². The standard InChI is InChI=1S/C27H20N2O/c1-18-13-14-19-8-2-4-10-21(19)25(18)26-22-11-5-3-9-20(22)15-16-23(26)29-27(30)24-12-6-7-17-28-24/h2-17H,1H3,(H,29,30). The second-order valence-electron chi connectivity index (χ2n) is 7.36. The van der Waals surface area contributed by atoms with E-state index in [0.717, 1.165) is 27.6 Å². The normalized spacial score (nSPS) is 11.0. The number of amides is 1. The van der Waals surface area contributed by atoms with E-state index >= 15 is 0 Å². The number of rotatable bonds is 3. The maximum atomic E-state index is 12.9. The number of pyridine rings is 1. The van der Waals surface area contributed by atoms with Gasteiger partial charge in [-0.25, -0.2) is 0 Å². The van der Waals surface area contributed by atoms with E-state index in [1.807, 2.05) is 36.4 Å². The van der Waals surface area contributed by atoms with Crippen LogP contribution in [0.4, 0.5) is 5.69 Å². The minimum atomic E-state index is -0.218. The van der Waals surface area contributed by atoms with Gasteiger partial charge in [0.25, 0.3) is 5.91 Å². The molecular formula is C27H20N2O. The molecule has 5 rings (SSSR count). The number of hydrogen-bond donors (Lipinski definition) is 1. The Bertz CT molecular complexity index is 1390. The highest BCUT2D eigenvalue weighted by atomic mass is 16.1. The highest BCUT2D eigenvalue weighted by Gasteiger charge is 2.17. The minimum absolute atomic E-state index is 0.218. The third-order valence-corrected chi connectivity index (χ3v) is 5.46. The summed E-state index contributed by atoms with van der Waals surface area (Å²) in [5.41, 5.74) is 4.52. The van der Waals surface area contributed by atoms with Crippen LogP contribution in [0.15, 0.2) is 97.2 Å². The molecule has 1 N–H and O–H groups in total. The molecule has 0 fully saturated rings. The summed E-state index contributed by atoms with van der Waals surface area (Å²) >= 11 is 0. The lowest BCUT2D eigenvalue weighted by atomic mass is 9.89. The number of fused-ring (bicyclic) bond motifs is 2. The van der Waals surface area contributed by atoms with Gasteiger partial charge in [-0.05, 0) is 57.8 Å². The Morgan fingerprint density at radius 1 is 0.700 bits per heavy atom. The maximum absolute atomic E-state index is 12.9. The first-order valence-electron chi connectivity index (χ1n) is 9.95. The van der Waals surface area contributed by atoms with E-state index in [9.17, 15) is 4.79 Å². The van der Waals surface area contributed by atoms with Gasteiger partial charge in [-0.1, -0.05) is 72.8 Å². The first-order valence-corrected chi connectivity index (χ1v) is 9.95. The molecular weight excluding hydrogens is 368 g/mol. The first-order chi connectivity index (χ1) is 14.7. The minimum Gasteiger partial charge on any atom is -0.320 e. The van der Waals surface area contributed by atoms with Crippen molar-refractivity contribution in [3.63, 3.8) is 0 Å². The number of benzene rings is 4. The van der Waals surface area contributed by atoms with Crippen molar-refractivity contribution < 1.29 is 4.79 Å². The van der Waals surface area contributed by atoms with Crippen molar-refractivity contribution in [3.8, 4) is 11.1 Å². The van der Waals surface area contributed by atoms with Crippen molar-refractivity contribution in [2.75, 3.05) is 5.32 Å². The lowest BCUT2D eigenvalue weighted by Crippen LogP contribution is -2.14. The van der Waals surface area contributed by atoms with Gasteiger partial charge in [0.05, 0.1) is 0 Å². The SMILES string of the molecule is Cc1ccc2ccccc2c1-c1c(NC(=O)c2ccccn2)ccc2ccccc12. The monoisotopic (exact) mass is 388 g/mol. The van der Waals surface area contributed by atoms with Crippen molar-refractivity contribution in [1.29, 1.82) is 0 Å². The van der Waals surface area contributed by atoms with Crippen LogP contribution < -0.4 is 5.32 Å². The molecule has 0 aliphatic rings. The Morgan fingerprint density at radius 3 is 2.03 bits per heavy atom. The van der Waals surface area contributed by atoms with Crippen LogP contribution in [0.3, 0.4) is 0 Å². The summed E-state index contributed by atoms with van der Waals surface area (Å²) in [6, 6.07) is 30.3.